The molecule has 0 fully saturated rings. The highest BCUT2D eigenvalue weighted by molar-refractivity contribution is 5.78. The van der Waals surface area contributed by atoms with Crippen molar-refractivity contribution in [2.24, 2.45) is 0 Å². The van der Waals surface area contributed by atoms with Gasteiger partial charge >= 0.3 is 0 Å². The van der Waals surface area contributed by atoms with Gasteiger partial charge in [0.2, 0.25) is 11.9 Å². The zero-order valence-corrected chi connectivity index (χ0v) is 19.3. The zero-order valence-electron chi connectivity index (χ0n) is 19.3. The quantitative estimate of drug-likeness (QED) is 0.441. The molecule has 0 radical (unpaired) electrons. The van der Waals surface area contributed by atoms with E-state index >= 15 is 0 Å². The first-order valence-electron chi connectivity index (χ1n) is 10.3. The Morgan fingerprint density at radius 2 is 2.03 bits per heavy atom. The lowest BCUT2D eigenvalue weighted by molar-refractivity contribution is -0.119. The number of anilines is 2. The maximum Gasteiger partial charge on any atom is 0.223 e. The number of carbonyl (C=O) groups excluding carboxylic acids is 1. The molecule has 3 rings (SSSR count). The van der Waals surface area contributed by atoms with Crippen LogP contribution in [-0.4, -0.2) is 50.5 Å². The van der Waals surface area contributed by atoms with E-state index in [1.54, 1.807) is 19.5 Å². The van der Waals surface area contributed by atoms with Crippen LogP contribution in [0.3, 0.4) is 0 Å². The maximum absolute atomic E-state index is 11.2. The summed E-state index contributed by atoms with van der Waals surface area (Å²) < 4.78 is 5.34. The number of ether oxygens (including phenoxy) is 1. The molecule has 0 saturated carbocycles. The summed E-state index contributed by atoms with van der Waals surface area (Å²) in [5, 5.41) is 5.98. The Hall–Kier alpha value is -3.69. The first-order valence-corrected chi connectivity index (χ1v) is 10.3. The van der Waals surface area contributed by atoms with Crippen molar-refractivity contribution < 1.29 is 9.53 Å². The minimum atomic E-state index is -0.208. The van der Waals surface area contributed by atoms with Crippen LogP contribution in [-0.2, 0) is 10.2 Å². The van der Waals surface area contributed by atoms with Gasteiger partial charge in [-0.1, -0.05) is 20.8 Å². The fourth-order valence-electron chi connectivity index (χ4n) is 3.10. The van der Waals surface area contributed by atoms with Gasteiger partial charge < -0.3 is 26.1 Å². The summed E-state index contributed by atoms with van der Waals surface area (Å²) in [5.74, 6) is 1.96. The molecule has 0 aromatic carbocycles. The maximum atomic E-state index is 11.2. The predicted octanol–water partition coefficient (Wildman–Crippen LogP) is 2.75. The highest BCUT2D eigenvalue weighted by Gasteiger charge is 2.24. The third-order valence-corrected chi connectivity index (χ3v) is 4.72. The van der Waals surface area contributed by atoms with Crippen molar-refractivity contribution in [2.45, 2.75) is 46.1 Å². The Morgan fingerprint density at radius 1 is 1.28 bits per heavy atom. The number of amides is 1. The molecule has 0 aliphatic rings. The van der Waals surface area contributed by atoms with Crippen molar-refractivity contribution in [3.8, 4) is 28.4 Å². The van der Waals surface area contributed by atoms with Crippen molar-refractivity contribution >= 4 is 17.7 Å². The van der Waals surface area contributed by atoms with Gasteiger partial charge in [0.15, 0.2) is 11.6 Å². The first kappa shape index (κ1) is 23.0. The van der Waals surface area contributed by atoms with Crippen molar-refractivity contribution in [1.82, 2.24) is 30.2 Å². The van der Waals surface area contributed by atoms with Crippen LogP contribution in [0, 0.1) is 0 Å². The topological polar surface area (TPSA) is 144 Å². The highest BCUT2D eigenvalue weighted by atomic mass is 16.5. The van der Waals surface area contributed by atoms with E-state index in [0.29, 0.717) is 35.4 Å². The lowest BCUT2D eigenvalue weighted by atomic mass is 9.96. The van der Waals surface area contributed by atoms with E-state index in [4.69, 9.17) is 15.5 Å². The standard InChI is InChI=1S/C22H30N8O2/c1-12(27-13(2)31)10-26-21-24-8-7-15(28-21)18-17(29-20(30-18)22(3,4)5)14-9-16(32-6)19(23)25-11-14/h7-9,11-12H,10H2,1-6H3,(H2,23,25)(H,27,31)(H,29,30)(H,24,26,28)/t12-/m0/s1. The van der Waals surface area contributed by atoms with Gasteiger partial charge in [-0.05, 0) is 19.1 Å². The average molecular weight is 439 g/mol. The van der Waals surface area contributed by atoms with E-state index in [1.807, 2.05) is 19.1 Å². The number of rotatable bonds is 7. The van der Waals surface area contributed by atoms with Crippen molar-refractivity contribution in [1.29, 1.82) is 0 Å². The summed E-state index contributed by atoms with van der Waals surface area (Å²) in [7, 11) is 1.55. The number of hydrogen-bond acceptors (Lipinski definition) is 8. The number of H-pyrrole nitrogens is 1. The molecule has 0 aliphatic carbocycles. The van der Waals surface area contributed by atoms with Crippen LogP contribution in [0.2, 0.25) is 0 Å². The SMILES string of the molecule is COc1cc(-c2nc(C(C)(C)C)[nH]c2-c2ccnc(NC[C@H](C)NC(C)=O)n2)cnc1N. The molecule has 10 heteroatoms. The summed E-state index contributed by atoms with van der Waals surface area (Å²) in [6, 6.07) is 3.56. The minimum Gasteiger partial charge on any atom is -0.493 e. The first-order chi connectivity index (χ1) is 15.1. The van der Waals surface area contributed by atoms with E-state index in [2.05, 4.69) is 51.3 Å². The Morgan fingerprint density at radius 3 is 2.69 bits per heavy atom. The van der Waals surface area contributed by atoms with Gasteiger partial charge in [0.1, 0.15) is 5.82 Å². The summed E-state index contributed by atoms with van der Waals surface area (Å²) in [6.07, 6.45) is 3.34. The molecule has 0 saturated heterocycles. The molecular weight excluding hydrogens is 408 g/mol. The van der Waals surface area contributed by atoms with Crippen LogP contribution in [0.25, 0.3) is 22.6 Å². The molecule has 1 atom stereocenters. The van der Waals surface area contributed by atoms with E-state index in [-0.39, 0.29) is 17.4 Å². The third kappa shape index (κ3) is 5.32. The Labute approximate surface area is 187 Å². The third-order valence-electron chi connectivity index (χ3n) is 4.72. The van der Waals surface area contributed by atoms with Crippen LogP contribution >= 0.6 is 0 Å². The summed E-state index contributed by atoms with van der Waals surface area (Å²) in [4.78, 5) is 32.7. The highest BCUT2D eigenvalue weighted by Crippen LogP contribution is 2.34. The number of aromatic amines is 1. The summed E-state index contributed by atoms with van der Waals surface area (Å²) in [6.45, 7) is 10.1. The Balaban J connectivity index is 2.00. The lowest BCUT2D eigenvalue weighted by Crippen LogP contribution is -2.36. The Kier molecular flexibility index (Phi) is 6.61. The van der Waals surface area contributed by atoms with Crippen LogP contribution < -0.4 is 21.1 Å². The second-order valence-electron chi connectivity index (χ2n) is 8.62. The van der Waals surface area contributed by atoms with Crippen LogP contribution in [0.1, 0.15) is 40.4 Å². The zero-order chi connectivity index (χ0) is 23.5. The van der Waals surface area contributed by atoms with E-state index in [0.717, 1.165) is 17.1 Å². The van der Waals surface area contributed by atoms with Gasteiger partial charge in [0.25, 0.3) is 0 Å². The number of pyridine rings is 1. The molecule has 170 valence electrons. The van der Waals surface area contributed by atoms with Crippen LogP contribution in [0.15, 0.2) is 24.5 Å². The van der Waals surface area contributed by atoms with Gasteiger partial charge in [-0.25, -0.2) is 19.9 Å². The number of methoxy groups -OCH3 is 1. The number of nitrogens with one attached hydrogen (secondary N) is 3. The van der Waals surface area contributed by atoms with Gasteiger partial charge in [-0.15, -0.1) is 0 Å². The molecule has 3 aromatic rings. The molecule has 0 unspecified atom stereocenters. The number of imidazole rings is 1. The number of nitrogens with two attached hydrogens (primary N) is 1. The lowest BCUT2D eigenvalue weighted by Gasteiger charge is -2.14. The van der Waals surface area contributed by atoms with E-state index in [1.165, 1.54) is 6.92 Å². The molecule has 0 spiro atoms. The summed E-state index contributed by atoms with van der Waals surface area (Å²) >= 11 is 0. The van der Waals surface area contributed by atoms with Gasteiger partial charge in [0, 0.05) is 42.9 Å². The average Bonchev–Trinajstić information content (AvgIpc) is 3.18. The largest absolute Gasteiger partial charge is 0.493 e. The summed E-state index contributed by atoms with van der Waals surface area (Å²) in [5.41, 5.74) is 8.54. The fourth-order valence-corrected chi connectivity index (χ4v) is 3.10. The van der Waals surface area contributed by atoms with Gasteiger partial charge in [0.05, 0.1) is 24.2 Å². The second kappa shape index (κ2) is 9.21. The molecular formula is C22H30N8O2. The Bertz CT molecular complexity index is 1100. The molecule has 0 bridgehead atoms. The molecule has 3 heterocycles. The predicted molar refractivity (Wildman–Crippen MR) is 124 cm³/mol. The minimum absolute atomic E-state index is 0.0664. The molecule has 32 heavy (non-hydrogen) atoms. The smallest absolute Gasteiger partial charge is 0.223 e. The van der Waals surface area contributed by atoms with E-state index < -0.39 is 0 Å². The second-order valence-corrected chi connectivity index (χ2v) is 8.62. The van der Waals surface area contributed by atoms with Crippen LogP contribution in [0.4, 0.5) is 11.8 Å². The van der Waals surface area contributed by atoms with Crippen molar-refractivity contribution in [3.63, 3.8) is 0 Å². The molecule has 0 aliphatic heterocycles. The van der Waals surface area contributed by atoms with Gasteiger partial charge in [-0.2, -0.15) is 0 Å². The molecule has 5 N–H and O–H groups in total. The monoisotopic (exact) mass is 438 g/mol. The number of hydrogen-bond donors (Lipinski definition) is 4. The van der Waals surface area contributed by atoms with Crippen molar-refractivity contribution in [2.75, 3.05) is 24.7 Å². The number of nitrogens with zero attached hydrogens (tertiary/aromatic N) is 4. The fraction of sp³-hybridized carbons (Fsp3) is 0.409. The van der Waals surface area contributed by atoms with Crippen molar-refractivity contribution in [3.05, 3.63) is 30.4 Å². The molecule has 3 aromatic heterocycles. The number of nitrogen functional groups attached to an aromatic ring is 1. The number of carbonyl (C=O) groups is 1. The molecule has 1 amide bonds. The van der Waals surface area contributed by atoms with Gasteiger partial charge in [-0.3, -0.25) is 4.79 Å². The van der Waals surface area contributed by atoms with E-state index in [9.17, 15) is 4.79 Å². The number of aromatic nitrogens is 5. The van der Waals surface area contributed by atoms with Crippen LogP contribution in [0.5, 0.6) is 5.75 Å². The normalized spacial score (nSPS) is 12.3. The molecule has 10 nitrogen and oxygen atoms in total.